The first-order chi connectivity index (χ1) is 15.1. The molecule has 0 aliphatic rings. The molecule has 0 spiro atoms. The number of aliphatic carboxylic acids is 1. The van der Waals surface area contributed by atoms with Crippen molar-refractivity contribution in [2.24, 2.45) is 0 Å². The summed E-state index contributed by atoms with van der Waals surface area (Å²) < 4.78 is 10.4. The SMILES string of the molecule is CC(C)(C)OC(=O)N[C@H](/C=C(\NC(=O)OCc1ccccc1)C(=O)O)Cc1ccccc1. The van der Waals surface area contributed by atoms with Crippen molar-refractivity contribution in [3.8, 4) is 0 Å². The van der Waals surface area contributed by atoms with E-state index in [-0.39, 0.29) is 13.0 Å². The second kappa shape index (κ2) is 11.5. The maximum absolute atomic E-state index is 12.3. The third-order valence-corrected chi connectivity index (χ3v) is 4.05. The first-order valence-corrected chi connectivity index (χ1v) is 10.1. The maximum atomic E-state index is 12.3. The van der Waals surface area contributed by atoms with Crippen LogP contribution in [0, 0.1) is 0 Å². The van der Waals surface area contributed by atoms with Crippen molar-refractivity contribution >= 4 is 18.2 Å². The van der Waals surface area contributed by atoms with Crippen LogP contribution in [0.5, 0.6) is 0 Å². The summed E-state index contributed by atoms with van der Waals surface area (Å²) >= 11 is 0. The molecule has 8 nitrogen and oxygen atoms in total. The monoisotopic (exact) mass is 440 g/mol. The average molecular weight is 440 g/mol. The van der Waals surface area contributed by atoms with Gasteiger partial charge in [0.25, 0.3) is 0 Å². The molecule has 0 aliphatic carbocycles. The van der Waals surface area contributed by atoms with Crippen LogP contribution in [0.1, 0.15) is 31.9 Å². The zero-order valence-corrected chi connectivity index (χ0v) is 18.3. The number of carboxylic acids is 1. The van der Waals surface area contributed by atoms with Gasteiger partial charge in [-0.1, -0.05) is 60.7 Å². The van der Waals surface area contributed by atoms with Crippen molar-refractivity contribution in [2.75, 3.05) is 0 Å². The number of alkyl carbamates (subject to hydrolysis) is 2. The summed E-state index contributed by atoms with van der Waals surface area (Å²) in [5.41, 5.74) is 0.485. The summed E-state index contributed by atoms with van der Waals surface area (Å²) in [7, 11) is 0. The Balaban J connectivity index is 2.13. The molecule has 0 aliphatic heterocycles. The minimum atomic E-state index is -1.37. The van der Waals surface area contributed by atoms with E-state index in [1.807, 2.05) is 36.4 Å². The Bertz CT molecular complexity index is 936. The minimum Gasteiger partial charge on any atom is -0.477 e. The first-order valence-electron chi connectivity index (χ1n) is 10.1. The number of benzene rings is 2. The van der Waals surface area contributed by atoms with E-state index >= 15 is 0 Å². The number of carbonyl (C=O) groups excluding carboxylic acids is 2. The maximum Gasteiger partial charge on any atom is 0.412 e. The third-order valence-electron chi connectivity index (χ3n) is 4.05. The van der Waals surface area contributed by atoms with Crippen molar-refractivity contribution in [3.63, 3.8) is 0 Å². The molecular formula is C24H28N2O6. The fourth-order valence-corrected chi connectivity index (χ4v) is 2.72. The Hall–Kier alpha value is -3.81. The molecule has 0 saturated heterocycles. The van der Waals surface area contributed by atoms with Gasteiger partial charge in [0.15, 0.2) is 0 Å². The van der Waals surface area contributed by atoms with Crippen LogP contribution in [0.25, 0.3) is 0 Å². The second-order valence-corrected chi connectivity index (χ2v) is 8.01. The average Bonchev–Trinajstić information content (AvgIpc) is 2.71. The molecule has 8 heteroatoms. The Labute approximate surface area is 187 Å². The standard InChI is InChI=1S/C24H28N2O6/c1-24(2,3)32-23(30)25-19(14-17-10-6-4-7-11-17)15-20(21(27)28)26-22(29)31-16-18-12-8-5-9-13-18/h4-13,15,19H,14,16H2,1-3H3,(H,25,30)(H,26,29)(H,27,28)/b20-15-/t19-/m0/s1. The Morgan fingerprint density at radius 1 is 0.938 bits per heavy atom. The van der Waals surface area contributed by atoms with E-state index in [2.05, 4.69) is 10.6 Å². The summed E-state index contributed by atoms with van der Waals surface area (Å²) in [6.07, 6.45) is -0.0787. The highest BCUT2D eigenvalue weighted by Gasteiger charge is 2.21. The predicted octanol–water partition coefficient (Wildman–Crippen LogP) is 4.02. The molecule has 1 atom stereocenters. The van der Waals surface area contributed by atoms with E-state index in [9.17, 15) is 19.5 Å². The van der Waals surface area contributed by atoms with E-state index in [0.717, 1.165) is 11.1 Å². The lowest BCUT2D eigenvalue weighted by atomic mass is 10.0. The molecule has 2 rings (SSSR count). The number of nitrogens with one attached hydrogen (secondary N) is 2. The van der Waals surface area contributed by atoms with Crippen molar-refractivity contribution in [3.05, 3.63) is 83.6 Å². The van der Waals surface area contributed by atoms with Gasteiger partial charge in [0, 0.05) is 0 Å². The molecule has 2 aromatic rings. The van der Waals surface area contributed by atoms with Gasteiger partial charge in [0.05, 0.1) is 6.04 Å². The molecule has 0 unspecified atom stereocenters. The van der Waals surface area contributed by atoms with Crippen molar-refractivity contribution in [1.82, 2.24) is 10.6 Å². The molecule has 3 N–H and O–H groups in total. The molecular weight excluding hydrogens is 412 g/mol. The number of hydrogen-bond acceptors (Lipinski definition) is 5. The molecule has 2 aromatic carbocycles. The van der Waals surface area contributed by atoms with Crippen LogP contribution in [-0.2, 0) is 27.3 Å². The molecule has 0 bridgehead atoms. The van der Waals surface area contributed by atoms with Crippen LogP contribution in [0.15, 0.2) is 72.4 Å². The smallest absolute Gasteiger partial charge is 0.412 e. The topological polar surface area (TPSA) is 114 Å². The number of amides is 2. The highest BCUT2D eigenvalue weighted by molar-refractivity contribution is 5.91. The number of carboxylic acid groups (broad SMARTS) is 1. The summed E-state index contributed by atoms with van der Waals surface area (Å²) in [5.74, 6) is -1.37. The highest BCUT2D eigenvalue weighted by atomic mass is 16.6. The van der Waals surface area contributed by atoms with Gasteiger partial charge in [0.1, 0.15) is 17.9 Å². The van der Waals surface area contributed by atoms with Gasteiger partial charge < -0.3 is 19.9 Å². The number of rotatable bonds is 8. The van der Waals surface area contributed by atoms with Crippen LogP contribution in [0.2, 0.25) is 0 Å². The van der Waals surface area contributed by atoms with Crippen LogP contribution < -0.4 is 10.6 Å². The van der Waals surface area contributed by atoms with Gasteiger partial charge in [-0.3, -0.25) is 5.32 Å². The van der Waals surface area contributed by atoms with Gasteiger partial charge in [-0.15, -0.1) is 0 Å². The lowest BCUT2D eigenvalue weighted by Crippen LogP contribution is -2.40. The largest absolute Gasteiger partial charge is 0.477 e. The Kier molecular flexibility index (Phi) is 8.83. The zero-order chi connectivity index (χ0) is 23.6. The molecule has 0 saturated carbocycles. The fourth-order valence-electron chi connectivity index (χ4n) is 2.72. The summed E-state index contributed by atoms with van der Waals surface area (Å²) in [4.78, 5) is 36.1. The van der Waals surface area contributed by atoms with Gasteiger partial charge in [0.2, 0.25) is 0 Å². The molecule has 2 amide bonds. The van der Waals surface area contributed by atoms with Gasteiger partial charge in [-0.05, 0) is 44.4 Å². The van der Waals surface area contributed by atoms with E-state index in [4.69, 9.17) is 9.47 Å². The first kappa shape index (κ1) is 24.5. The van der Waals surface area contributed by atoms with Crippen molar-refractivity contribution in [1.29, 1.82) is 0 Å². The number of hydrogen-bond donors (Lipinski definition) is 3. The molecule has 0 heterocycles. The molecule has 0 aromatic heterocycles. The summed E-state index contributed by atoms with van der Waals surface area (Å²) in [5, 5.41) is 14.4. The van der Waals surface area contributed by atoms with Crippen LogP contribution in [0.4, 0.5) is 9.59 Å². The lowest BCUT2D eigenvalue weighted by Gasteiger charge is -2.23. The van der Waals surface area contributed by atoms with Crippen LogP contribution >= 0.6 is 0 Å². The van der Waals surface area contributed by atoms with E-state index in [1.165, 1.54) is 6.08 Å². The van der Waals surface area contributed by atoms with E-state index < -0.39 is 35.5 Å². The highest BCUT2D eigenvalue weighted by Crippen LogP contribution is 2.10. The summed E-state index contributed by atoms with van der Waals surface area (Å²) in [6, 6.07) is 17.4. The van der Waals surface area contributed by atoms with Crippen molar-refractivity contribution < 1.29 is 29.0 Å². The Morgan fingerprint density at radius 2 is 1.50 bits per heavy atom. The van der Waals surface area contributed by atoms with E-state index in [1.54, 1.807) is 45.0 Å². The van der Waals surface area contributed by atoms with Gasteiger partial charge in [-0.2, -0.15) is 0 Å². The van der Waals surface area contributed by atoms with Crippen LogP contribution in [-0.4, -0.2) is 34.9 Å². The second-order valence-electron chi connectivity index (χ2n) is 8.01. The fraction of sp³-hybridized carbons (Fsp3) is 0.292. The quantitative estimate of drug-likeness (QED) is 0.534. The van der Waals surface area contributed by atoms with Gasteiger partial charge >= 0.3 is 18.2 Å². The number of carbonyl (C=O) groups is 3. The minimum absolute atomic E-state index is 0.0107. The lowest BCUT2D eigenvalue weighted by molar-refractivity contribution is -0.133. The van der Waals surface area contributed by atoms with Crippen LogP contribution in [0.3, 0.4) is 0 Å². The zero-order valence-electron chi connectivity index (χ0n) is 18.3. The van der Waals surface area contributed by atoms with E-state index in [0.29, 0.717) is 0 Å². The summed E-state index contributed by atoms with van der Waals surface area (Å²) in [6.45, 7) is 5.16. The molecule has 170 valence electrons. The normalized spacial score (nSPS) is 12.4. The third kappa shape index (κ3) is 9.34. The molecule has 0 radical (unpaired) electrons. The molecule has 0 fully saturated rings. The Morgan fingerprint density at radius 3 is 2.03 bits per heavy atom. The molecule has 32 heavy (non-hydrogen) atoms. The van der Waals surface area contributed by atoms with Gasteiger partial charge in [-0.25, -0.2) is 14.4 Å². The predicted molar refractivity (Wildman–Crippen MR) is 119 cm³/mol. The van der Waals surface area contributed by atoms with Crippen molar-refractivity contribution in [2.45, 2.75) is 45.4 Å². The number of ether oxygens (including phenoxy) is 2.